The summed E-state index contributed by atoms with van der Waals surface area (Å²) in [6, 6.07) is 9.67. The number of carbonyl (C=O) groups excluding carboxylic acids is 2. The van der Waals surface area contributed by atoms with Crippen molar-refractivity contribution in [3.8, 4) is 23.0 Å². The average Bonchev–Trinajstić information content (AvgIpc) is 3.22. The van der Waals surface area contributed by atoms with Crippen LogP contribution in [0, 0.1) is 5.92 Å². The van der Waals surface area contributed by atoms with Crippen LogP contribution in [0.1, 0.15) is 58.2 Å². The minimum atomic E-state index is -0.803. The monoisotopic (exact) mass is 566 g/mol. The van der Waals surface area contributed by atoms with E-state index in [0.717, 1.165) is 19.5 Å². The number of aliphatic hydroxyl groups excluding tert-OH is 1. The van der Waals surface area contributed by atoms with Gasteiger partial charge in [0.2, 0.25) is 0 Å². The van der Waals surface area contributed by atoms with E-state index in [1.807, 2.05) is 25.1 Å². The number of amides is 1. The summed E-state index contributed by atoms with van der Waals surface area (Å²) in [6.07, 6.45) is 0.897. The fraction of sp³-hybridized carbons (Fsp3) is 0.500. The lowest BCUT2D eigenvalue weighted by Gasteiger charge is -2.28. The molecule has 0 saturated carbocycles. The maximum absolute atomic E-state index is 13.5. The van der Waals surface area contributed by atoms with Crippen molar-refractivity contribution in [3.63, 3.8) is 0 Å². The van der Waals surface area contributed by atoms with E-state index in [4.69, 9.17) is 18.9 Å². The lowest BCUT2D eigenvalue weighted by molar-refractivity contribution is -0.140. The summed E-state index contributed by atoms with van der Waals surface area (Å²) < 4.78 is 23.3. The molecule has 1 saturated heterocycles. The number of hydrogen-bond donors (Lipinski definition) is 1. The van der Waals surface area contributed by atoms with Crippen LogP contribution in [-0.2, 0) is 9.59 Å². The van der Waals surface area contributed by atoms with Crippen LogP contribution in [0.2, 0.25) is 0 Å². The van der Waals surface area contributed by atoms with Crippen LogP contribution in [0.25, 0.3) is 5.76 Å². The Labute approximate surface area is 242 Å². The number of nitrogens with zero attached hydrogens (tertiary/aromatic N) is 2. The van der Waals surface area contributed by atoms with Gasteiger partial charge in [-0.05, 0) is 68.2 Å². The van der Waals surface area contributed by atoms with Gasteiger partial charge in [0.25, 0.3) is 11.7 Å². The molecule has 1 N–H and O–H groups in total. The van der Waals surface area contributed by atoms with Crippen LogP contribution in [0.5, 0.6) is 23.0 Å². The van der Waals surface area contributed by atoms with E-state index >= 15 is 0 Å². The molecule has 1 fully saturated rings. The topological polar surface area (TPSA) is 97.8 Å². The number of ketones is 1. The summed E-state index contributed by atoms with van der Waals surface area (Å²) in [4.78, 5) is 30.7. The molecule has 222 valence electrons. The lowest BCUT2D eigenvalue weighted by atomic mass is 9.94. The van der Waals surface area contributed by atoms with E-state index in [9.17, 15) is 14.7 Å². The fourth-order valence-corrected chi connectivity index (χ4v) is 5.08. The summed E-state index contributed by atoms with van der Waals surface area (Å²) in [6.45, 7) is 14.6. The zero-order valence-electron chi connectivity index (χ0n) is 24.8. The zero-order chi connectivity index (χ0) is 29.5. The Hall–Kier alpha value is -3.72. The fourth-order valence-electron chi connectivity index (χ4n) is 5.08. The second-order valence-electron chi connectivity index (χ2n) is 10.5. The Bertz CT molecular complexity index is 1270. The first-order valence-corrected chi connectivity index (χ1v) is 14.6. The molecule has 9 nitrogen and oxygen atoms in total. The predicted molar refractivity (Wildman–Crippen MR) is 157 cm³/mol. The SMILES string of the molecule is CCOc1cc([C@H]2/C(=C(\O)c3ccc4c(c3)OCCO4)C(=O)C(=O)N2CCN(CC)CC)ccc1OCCC(C)C. The summed E-state index contributed by atoms with van der Waals surface area (Å²) in [7, 11) is 0. The first-order chi connectivity index (χ1) is 19.8. The van der Waals surface area contributed by atoms with Crippen molar-refractivity contribution in [2.75, 3.05) is 52.6 Å². The van der Waals surface area contributed by atoms with Crippen LogP contribution in [0.3, 0.4) is 0 Å². The number of carbonyl (C=O) groups is 2. The third-order valence-corrected chi connectivity index (χ3v) is 7.44. The number of likely N-dealkylation sites (N-methyl/N-ethyl adjacent to an activating group) is 1. The van der Waals surface area contributed by atoms with Gasteiger partial charge >= 0.3 is 0 Å². The number of Topliss-reactive ketones (excluding diaryl/α,β-unsaturated/α-hetero) is 1. The van der Waals surface area contributed by atoms with Gasteiger partial charge < -0.3 is 33.9 Å². The van der Waals surface area contributed by atoms with Gasteiger partial charge in [-0.25, -0.2) is 0 Å². The van der Waals surface area contributed by atoms with Crippen LogP contribution in [-0.4, -0.2) is 79.2 Å². The summed E-state index contributed by atoms with van der Waals surface area (Å²) in [5.41, 5.74) is 1.06. The Morgan fingerprint density at radius 3 is 2.41 bits per heavy atom. The first kappa shape index (κ1) is 30.2. The molecule has 0 unspecified atom stereocenters. The highest BCUT2D eigenvalue weighted by Gasteiger charge is 2.46. The Kier molecular flexibility index (Phi) is 10.2. The Morgan fingerprint density at radius 1 is 1.00 bits per heavy atom. The molecule has 2 aromatic rings. The van der Waals surface area contributed by atoms with Crippen molar-refractivity contribution in [3.05, 3.63) is 53.1 Å². The molecule has 9 heteroatoms. The van der Waals surface area contributed by atoms with Crippen molar-refractivity contribution in [1.82, 2.24) is 9.80 Å². The highest BCUT2D eigenvalue weighted by molar-refractivity contribution is 6.46. The quantitative estimate of drug-likeness (QED) is 0.205. The molecule has 1 atom stereocenters. The molecule has 0 radical (unpaired) electrons. The van der Waals surface area contributed by atoms with Crippen LogP contribution >= 0.6 is 0 Å². The standard InChI is InChI=1S/C32H42N2O7/c1-6-33(7-2)14-15-34-29(22-9-11-24(26(19-22)38-8-3)39-16-13-21(4)5)28(31(36)32(34)37)30(35)23-10-12-25-27(20-23)41-18-17-40-25/h9-12,19-21,29,35H,6-8,13-18H2,1-5H3/b30-28+/t29-/m0/s1. The highest BCUT2D eigenvalue weighted by Crippen LogP contribution is 2.43. The third kappa shape index (κ3) is 6.78. The number of rotatable bonds is 13. The molecule has 2 aliphatic rings. The molecule has 0 aromatic heterocycles. The van der Waals surface area contributed by atoms with Crippen molar-refractivity contribution in [1.29, 1.82) is 0 Å². The predicted octanol–water partition coefficient (Wildman–Crippen LogP) is 5.04. The van der Waals surface area contributed by atoms with Gasteiger partial charge in [0.1, 0.15) is 19.0 Å². The number of benzene rings is 2. The molecule has 2 heterocycles. The van der Waals surface area contributed by atoms with Crippen LogP contribution in [0.4, 0.5) is 0 Å². The second kappa shape index (κ2) is 13.8. The molecule has 0 bridgehead atoms. The number of ether oxygens (including phenoxy) is 4. The van der Waals surface area contributed by atoms with Gasteiger partial charge in [-0.3, -0.25) is 9.59 Å². The number of fused-ring (bicyclic) bond motifs is 1. The number of aliphatic hydroxyl groups is 1. The third-order valence-electron chi connectivity index (χ3n) is 7.44. The minimum absolute atomic E-state index is 0.0298. The largest absolute Gasteiger partial charge is 0.507 e. The molecule has 0 spiro atoms. The van der Waals surface area contributed by atoms with E-state index < -0.39 is 17.7 Å². The molecule has 41 heavy (non-hydrogen) atoms. The van der Waals surface area contributed by atoms with E-state index in [2.05, 4.69) is 32.6 Å². The van der Waals surface area contributed by atoms with Gasteiger partial charge in [0.15, 0.2) is 23.0 Å². The van der Waals surface area contributed by atoms with Crippen molar-refractivity contribution in [2.45, 2.75) is 47.1 Å². The summed E-state index contributed by atoms with van der Waals surface area (Å²) >= 11 is 0. The minimum Gasteiger partial charge on any atom is -0.507 e. The van der Waals surface area contributed by atoms with Crippen molar-refractivity contribution >= 4 is 17.4 Å². The van der Waals surface area contributed by atoms with Gasteiger partial charge in [0.05, 0.1) is 24.8 Å². The first-order valence-electron chi connectivity index (χ1n) is 14.6. The number of likely N-dealkylation sites (tertiary alicyclic amines) is 1. The summed E-state index contributed by atoms with van der Waals surface area (Å²) in [5.74, 6) is 1.05. The van der Waals surface area contributed by atoms with Gasteiger partial charge in [-0.15, -0.1) is 0 Å². The van der Waals surface area contributed by atoms with E-state index in [0.29, 0.717) is 79.6 Å². The van der Waals surface area contributed by atoms with Gasteiger partial charge in [-0.2, -0.15) is 0 Å². The molecule has 1 amide bonds. The molecule has 2 aliphatic heterocycles. The molecule has 0 aliphatic carbocycles. The zero-order valence-corrected chi connectivity index (χ0v) is 24.8. The molecule has 4 rings (SSSR count). The second-order valence-corrected chi connectivity index (χ2v) is 10.5. The Balaban J connectivity index is 1.78. The average molecular weight is 567 g/mol. The van der Waals surface area contributed by atoms with Gasteiger partial charge in [0, 0.05) is 18.7 Å². The van der Waals surface area contributed by atoms with Crippen LogP contribution in [0.15, 0.2) is 42.0 Å². The van der Waals surface area contributed by atoms with E-state index in [-0.39, 0.29) is 11.3 Å². The highest BCUT2D eigenvalue weighted by atomic mass is 16.6. The van der Waals surface area contributed by atoms with Gasteiger partial charge in [-0.1, -0.05) is 33.8 Å². The maximum atomic E-state index is 13.5. The van der Waals surface area contributed by atoms with Crippen molar-refractivity contribution < 1.29 is 33.6 Å². The van der Waals surface area contributed by atoms with E-state index in [1.165, 1.54) is 0 Å². The van der Waals surface area contributed by atoms with Crippen molar-refractivity contribution in [2.24, 2.45) is 5.92 Å². The maximum Gasteiger partial charge on any atom is 0.295 e. The molecular formula is C32H42N2O7. The number of hydrogen-bond acceptors (Lipinski definition) is 8. The molecule has 2 aromatic carbocycles. The van der Waals surface area contributed by atoms with E-state index in [1.54, 1.807) is 23.1 Å². The Morgan fingerprint density at radius 2 is 1.73 bits per heavy atom. The smallest absolute Gasteiger partial charge is 0.295 e. The molecular weight excluding hydrogens is 524 g/mol. The summed E-state index contributed by atoms with van der Waals surface area (Å²) in [5, 5.41) is 11.5. The lowest BCUT2D eigenvalue weighted by Crippen LogP contribution is -2.38. The normalized spacial score (nSPS) is 17.9. The van der Waals surface area contributed by atoms with Crippen LogP contribution < -0.4 is 18.9 Å².